The Hall–Kier alpha value is -2.35. The number of aromatic amines is 1. The number of aromatic nitrogens is 1. The fourth-order valence-corrected chi connectivity index (χ4v) is 4.74. The lowest BCUT2D eigenvalue weighted by atomic mass is 10.1. The number of nitrogens with one attached hydrogen (secondary N) is 3. The third-order valence-electron chi connectivity index (χ3n) is 4.92. The van der Waals surface area contributed by atoms with Gasteiger partial charge in [0, 0.05) is 18.9 Å². The second-order valence-corrected chi connectivity index (χ2v) is 8.47. The number of fused-ring (bicyclic) bond motifs is 2. The van der Waals surface area contributed by atoms with E-state index in [9.17, 15) is 9.59 Å². The van der Waals surface area contributed by atoms with Gasteiger partial charge in [-0.15, -0.1) is 11.3 Å². The lowest BCUT2D eigenvalue weighted by Crippen LogP contribution is -2.44. The molecule has 2 unspecified atom stereocenters. The third kappa shape index (κ3) is 3.78. The molecule has 2 atom stereocenters. The summed E-state index contributed by atoms with van der Waals surface area (Å²) in [7, 11) is 1.57. The molecule has 3 N–H and O–H groups in total. The average molecular weight is 418 g/mol. The highest BCUT2D eigenvalue weighted by atomic mass is 35.5. The Bertz CT molecular complexity index is 997. The quantitative estimate of drug-likeness (QED) is 0.574. The zero-order valence-electron chi connectivity index (χ0n) is 15.3. The monoisotopic (exact) mass is 417 g/mol. The number of amides is 2. The Morgan fingerprint density at radius 2 is 2.11 bits per heavy atom. The van der Waals surface area contributed by atoms with Gasteiger partial charge in [0.2, 0.25) is 5.91 Å². The van der Waals surface area contributed by atoms with Crippen LogP contribution in [0, 0.1) is 0 Å². The van der Waals surface area contributed by atoms with Crippen molar-refractivity contribution in [1.29, 1.82) is 0 Å². The summed E-state index contributed by atoms with van der Waals surface area (Å²) in [6.07, 6.45) is 0.946. The molecule has 0 aliphatic heterocycles. The molecule has 0 radical (unpaired) electrons. The van der Waals surface area contributed by atoms with E-state index in [2.05, 4.69) is 15.6 Å². The molecular weight excluding hydrogens is 398 g/mol. The zero-order valence-corrected chi connectivity index (χ0v) is 16.8. The minimum Gasteiger partial charge on any atom is -0.384 e. The molecule has 0 saturated heterocycles. The van der Waals surface area contributed by atoms with Crippen molar-refractivity contribution in [1.82, 2.24) is 15.6 Å². The number of ether oxygens (including phenoxy) is 1. The summed E-state index contributed by atoms with van der Waals surface area (Å²) in [6.45, 7) is 0.360. The summed E-state index contributed by atoms with van der Waals surface area (Å²) >= 11 is 7.40. The van der Waals surface area contributed by atoms with Crippen molar-refractivity contribution < 1.29 is 14.3 Å². The largest absolute Gasteiger partial charge is 0.384 e. The molecule has 6 nitrogen and oxygen atoms in total. The lowest BCUT2D eigenvalue weighted by Gasteiger charge is -2.23. The Kier molecular flexibility index (Phi) is 5.39. The van der Waals surface area contributed by atoms with Crippen LogP contribution in [0.25, 0.3) is 10.2 Å². The number of methoxy groups -OCH3 is 1. The molecule has 1 aromatic carbocycles. The molecule has 0 fully saturated rings. The van der Waals surface area contributed by atoms with Gasteiger partial charge in [0.25, 0.3) is 5.91 Å². The van der Waals surface area contributed by atoms with E-state index in [1.807, 2.05) is 30.3 Å². The van der Waals surface area contributed by atoms with Crippen LogP contribution in [0.15, 0.2) is 36.4 Å². The number of hydrogen-bond donors (Lipinski definition) is 3. The van der Waals surface area contributed by atoms with Gasteiger partial charge in [0.05, 0.1) is 23.0 Å². The Balaban J connectivity index is 1.52. The summed E-state index contributed by atoms with van der Waals surface area (Å²) < 4.78 is 5.66. The first kappa shape index (κ1) is 19.0. The number of hydrogen-bond acceptors (Lipinski definition) is 4. The van der Waals surface area contributed by atoms with Crippen LogP contribution in [0.1, 0.15) is 34.1 Å². The summed E-state index contributed by atoms with van der Waals surface area (Å²) in [6, 6.07) is 11.1. The topological polar surface area (TPSA) is 83.2 Å². The summed E-state index contributed by atoms with van der Waals surface area (Å²) in [4.78, 5) is 29.0. The minimum atomic E-state index is -0.268. The number of thiophene rings is 1. The highest BCUT2D eigenvalue weighted by Gasteiger charge is 2.34. The van der Waals surface area contributed by atoms with Gasteiger partial charge in [-0.3, -0.25) is 9.59 Å². The van der Waals surface area contributed by atoms with Gasteiger partial charge in [-0.25, -0.2) is 0 Å². The van der Waals surface area contributed by atoms with Crippen LogP contribution in [0.5, 0.6) is 0 Å². The number of carbonyl (C=O) groups is 2. The number of rotatable bonds is 6. The lowest BCUT2D eigenvalue weighted by molar-refractivity contribution is -0.122. The van der Waals surface area contributed by atoms with Gasteiger partial charge >= 0.3 is 0 Å². The highest BCUT2D eigenvalue weighted by Crippen LogP contribution is 2.32. The Morgan fingerprint density at radius 1 is 1.29 bits per heavy atom. The molecule has 3 aromatic rings. The molecule has 0 bridgehead atoms. The van der Waals surface area contributed by atoms with Crippen molar-refractivity contribution in [3.8, 4) is 0 Å². The maximum Gasteiger partial charge on any atom is 0.268 e. The van der Waals surface area contributed by atoms with E-state index in [0.717, 1.165) is 21.3 Å². The van der Waals surface area contributed by atoms with E-state index >= 15 is 0 Å². The number of carbonyl (C=O) groups excluding carboxylic acids is 2. The summed E-state index contributed by atoms with van der Waals surface area (Å²) in [5.74, 6) is -0.300. The number of halogens is 1. The van der Waals surface area contributed by atoms with Gasteiger partial charge < -0.3 is 20.4 Å². The van der Waals surface area contributed by atoms with Crippen LogP contribution >= 0.6 is 22.9 Å². The molecule has 8 heteroatoms. The molecule has 4 rings (SSSR count). The fourth-order valence-electron chi connectivity index (χ4n) is 3.61. The van der Waals surface area contributed by atoms with Crippen molar-refractivity contribution >= 4 is 45.0 Å². The van der Waals surface area contributed by atoms with E-state index in [1.54, 1.807) is 13.2 Å². The summed E-state index contributed by atoms with van der Waals surface area (Å²) in [5.41, 5.74) is 2.65. The van der Waals surface area contributed by atoms with E-state index < -0.39 is 0 Å². The first-order chi connectivity index (χ1) is 13.5. The van der Waals surface area contributed by atoms with E-state index in [1.165, 1.54) is 11.3 Å². The van der Waals surface area contributed by atoms with Gasteiger partial charge in [-0.2, -0.15) is 0 Å². The number of benzene rings is 1. The first-order valence-corrected chi connectivity index (χ1v) is 10.2. The van der Waals surface area contributed by atoms with E-state index in [-0.39, 0.29) is 30.3 Å². The maximum absolute atomic E-state index is 12.8. The predicted octanol–water partition coefficient (Wildman–Crippen LogP) is 3.43. The summed E-state index contributed by atoms with van der Waals surface area (Å²) in [5, 5.41) is 7.04. The zero-order chi connectivity index (χ0) is 19.7. The van der Waals surface area contributed by atoms with Gasteiger partial charge in [-0.05, 0) is 29.7 Å². The second kappa shape index (κ2) is 7.95. The van der Waals surface area contributed by atoms with Gasteiger partial charge in [0.1, 0.15) is 10.5 Å². The SMILES string of the molecule is COCCC(=O)NC1c2ccccc2CC1NC(=O)c1cc2cc(Cl)sc2[nH]1. The van der Waals surface area contributed by atoms with Crippen molar-refractivity contribution in [3.63, 3.8) is 0 Å². The molecule has 2 aromatic heterocycles. The van der Waals surface area contributed by atoms with Crippen LogP contribution in [0.2, 0.25) is 4.34 Å². The Labute approximate surface area is 171 Å². The van der Waals surface area contributed by atoms with Gasteiger partial charge in [-0.1, -0.05) is 35.9 Å². The predicted molar refractivity (Wildman–Crippen MR) is 110 cm³/mol. The van der Waals surface area contributed by atoms with Crippen LogP contribution in [-0.4, -0.2) is 36.6 Å². The van der Waals surface area contributed by atoms with Crippen molar-refractivity contribution in [2.45, 2.75) is 24.9 Å². The molecule has 28 heavy (non-hydrogen) atoms. The van der Waals surface area contributed by atoms with Crippen molar-refractivity contribution in [2.24, 2.45) is 0 Å². The molecule has 146 valence electrons. The van der Waals surface area contributed by atoms with Crippen molar-refractivity contribution in [3.05, 3.63) is 57.6 Å². The minimum absolute atomic E-state index is 0.0992. The maximum atomic E-state index is 12.8. The van der Waals surface area contributed by atoms with Gasteiger partial charge in [0.15, 0.2) is 0 Å². The molecule has 0 spiro atoms. The second-order valence-electron chi connectivity index (χ2n) is 6.79. The average Bonchev–Trinajstić information content (AvgIpc) is 3.31. The standard InChI is InChI=1S/C20H20ClN3O3S/c1-27-7-6-17(25)24-18-13-5-3-2-4-11(13)8-14(18)22-19(26)15-9-12-10-16(21)28-20(12)23-15/h2-5,9-10,14,18,23H,6-8H2,1H3,(H,22,26)(H,24,25). The fraction of sp³-hybridized carbons (Fsp3) is 0.300. The molecule has 2 heterocycles. The van der Waals surface area contributed by atoms with E-state index in [4.69, 9.17) is 16.3 Å². The molecule has 1 aliphatic rings. The van der Waals surface area contributed by atoms with Crippen LogP contribution in [0.3, 0.4) is 0 Å². The van der Waals surface area contributed by atoms with Crippen LogP contribution < -0.4 is 10.6 Å². The van der Waals surface area contributed by atoms with Crippen LogP contribution in [0.4, 0.5) is 0 Å². The van der Waals surface area contributed by atoms with Crippen molar-refractivity contribution in [2.75, 3.05) is 13.7 Å². The normalized spacial score (nSPS) is 18.2. The van der Waals surface area contributed by atoms with E-state index in [0.29, 0.717) is 23.1 Å². The Morgan fingerprint density at radius 3 is 2.89 bits per heavy atom. The molecule has 1 aliphatic carbocycles. The molecule has 0 saturated carbocycles. The van der Waals surface area contributed by atoms with Crippen LogP contribution in [-0.2, 0) is 16.0 Å². The number of H-pyrrole nitrogens is 1. The molecular formula is C20H20ClN3O3S. The molecule has 2 amide bonds. The smallest absolute Gasteiger partial charge is 0.268 e. The first-order valence-electron chi connectivity index (χ1n) is 9.00. The third-order valence-corrected chi connectivity index (χ3v) is 6.12. The highest BCUT2D eigenvalue weighted by molar-refractivity contribution is 7.22.